The minimum atomic E-state index is -0.0405. The smallest absolute Gasteiger partial charge is 0.136 e. The van der Waals surface area contributed by atoms with Crippen LogP contribution in [-0.2, 0) is 24.0 Å². The van der Waals surface area contributed by atoms with Crippen molar-refractivity contribution < 1.29 is 39.3 Å². The molecule has 664 valence electrons. The Labute approximate surface area is 712 Å². The van der Waals surface area contributed by atoms with Crippen molar-refractivity contribution in [1.82, 2.24) is 0 Å². The SMILES string of the molecule is CC(C)=CCC/C(C)=C/CC1CCCC1=O.CC(C)=CCC/C(C)=C/CC1CCCC1O.CC/C(C)=C/CC/C(C)=C/CC1CCCC1=O.CC/C(C)=C/CC/C(C)=C/CC1CCCC1O.CCC(C)CCCC(C)CCC1CCCC1=O.CCC(C)CCCC(C)CCC1CCCC1O.CCCCCC1C(=O)CCC1CC(C)=O. The average Bonchev–Trinajstić information content (AvgIpc) is 1.72. The number of hydrogen-bond acceptors (Lipinski definition) is 8. The summed E-state index contributed by atoms with van der Waals surface area (Å²) in [4.78, 5) is 57.2. The summed E-state index contributed by atoms with van der Waals surface area (Å²) >= 11 is 0. The number of carbonyl (C=O) groups excluding carboxylic acids is 5. The second kappa shape index (κ2) is 67.8. The number of ketones is 5. The van der Waals surface area contributed by atoms with E-state index in [4.69, 9.17) is 0 Å². The summed E-state index contributed by atoms with van der Waals surface area (Å²) in [5.74, 6) is 8.89. The van der Waals surface area contributed by atoms with Gasteiger partial charge in [-0.3, -0.25) is 19.2 Å². The summed E-state index contributed by atoms with van der Waals surface area (Å²) in [6.45, 7) is 44.0. The molecule has 7 aliphatic rings. The highest BCUT2D eigenvalue weighted by Gasteiger charge is 2.35. The van der Waals surface area contributed by atoms with Crippen LogP contribution in [0.1, 0.15) is 466 Å². The maximum Gasteiger partial charge on any atom is 0.136 e. The monoisotopic (exact) mass is 1600 g/mol. The van der Waals surface area contributed by atoms with E-state index in [0.29, 0.717) is 77.4 Å². The van der Waals surface area contributed by atoms with Gasteiger partial charge in [0, 0.05) is 55.8 Å². The van der Waals surface area contributed by atoms with Crippen molar-refractivity contribution in [3.05, 3.63) is 93.2 Å². The van der Waals surface area contributed by atoms with E-state index in [0.717, 1.165) is 203 Å². The Hall–Kier alpha value is -3.85. The fourth-order valence-electron chi connectivity index (χ4n) is 17.7. The number of rotatable bonds is 44. The molecular weight excluding hydrogens is 1410 g/mol. The fourth-order valence-corrected chi connectivity index (χ4v) is 17.7. The first-order chi connectivity index (χ1) is 54.9. The minimum absolute atomic E-state index is 0.0160. The highest BCUT2D eigenvalue weighted by Crippen LogP contribution is 2.37. The molecule has 0 aromatic heterocycles. The summed E-state index contributed by atoms with van der Waals surface area (Å²) in [6, 6.07) is 0. The molecule has 0 aromatic rings. The zero-order valence-electron chi connectivity index (χ0n) is 79.2. The van der Waals surface area contributed by atoms with E-state index in [-0.39, 0.29) is 30.0 Å². The van der Waals surface area contributed by atoms with Crippen molar-refractivity contribution in [1.29, 1.82) is 0 Å². The first kappa shape index (κ1) is 109. The number of carbonyl (C=O) groups is 5. The minimum Gasteiger partial charge on any atom is -0.393 e. The fraction of sp³-hybridized carbons (Fsp3) is 0.804. The number of allylic oxidation sites excluding steroid dienone is 16. The summed E-state index contributed by atoms with van der Waals surface area (Å²) in [5, 5.41) is 29.2. The summed E-state index contributed by atoms with van der Waals surface area (Å²) in [6.07, 6.45) is 76.3. The third kappa shape index (κ3) is 55.7. The first-order valence-electron chi connectivity index (χ1n) is 48.7. The molecule has 0 amide bonds. The van der Waals surface area contributed by atoms with Gasteiger partial charge in [-0.2, -0.15) is 0 Å². The first-order valence-corrected chi connectivity index (χ1v) is 48.7. The second-order valence-electron chi connectivity index (χ2n) is 38.6. The predicted octanol–water partition coefficient (Wildman–Crippen LogP) is 31.0. The number of hydrogen-bond donors (Lipinski definition) is 3. The van der Waals surface area contributed by atoms with Crippen LogP contribution in [-0.4, -0.2) is 62.5 Å². The molecule has 0 bridgehead atoms. The molecule has 8 heteroatoms. The van der Waals surface area contributed by atoms with E-state index in [9.17, 15) is 39.3 Å². The highest BCUT2D eigenvalue weighted by molar-refractivity contribution is 5.85. The van der Waals surface area contributed by atoms with Crippen molar-refractivity contribution in [3.8, 4) is 0 Å². The third-order valence-electron chi connectivity index (χ3n) is 27.2. The van der Waals surface area contributed by atoms with Crippen LogP contribution in [0, 0.1) is 71.0 Å². The Balaban J connectivity index is 0.000000671. The van der Waals surface area contributed by atoms with E-state index < -0.39 is 0 Å². The van der Waals surface area contributed by atoms with E-state index in [1.54, 1.807) is 6.92 Å². The van der Waals surface area contributed by atoms with Crippen molar-refractivity contribution in [2.75, 3.05) is 0 Å². The lowest BCUT2D eigenvalue weighted by atomic mass is 9.87. The summed E-state index contributed by atoms with van der Waals surface area (Å²) in [5.41, 5.74) is 11.6. The lowest BCUT2D eigenvalue weighted by Crippen LogP contribution is -2.17. The van der Waals surface area contributed by atoms with Crippen LogP contribution in [0.15, 0.2) is 93.2 Å². The van der Waals surface area contributed by atoms with Gasteiger partial charge in [0.2, 0.25) is 0 Å². The van der Waals surface area contributed by atoms with Gasteiger partial charge in [-0.05, 0) is 316 Å². The van der Waals surface area contributed by atoms with Crippen LogP contribution in [0.4, 0.5) is 0 Å². The molecule has 7 saturated carbocycles. The number of aliphatic hydroxyl groups excluding tert-OH is 3. The molecule has 7 rings (SSSR count). The maximum absolute atomic E-state index is 11.6. The van der Waals surface area contributed by atoms with Crippen molar-refractivity contribution >= 4 is 28.9 Å². The van der Waals surface area contributed by atoms with Gasteiger partial charge in [0.25, 0.3) is 0 Å². The van der Waals surface area contributed by atoms with Gasteiger partial charge < -0.3 is 20.1 Å². The highest BCUT2D eigenvalue weighted by atomic mass is 16.3. The van der Waals surface area contributed by atoms with Gasteiger partial charge >= 0.3 is 0 Å². The molecule has 0 spiro atoms. The molecule has 115 heavy (non-hydrogen) atoms. The van der Waals surface area contributed by atoms with Gasteiger partial charge in [-0.25, -0.2) is 0 Å². The van der Waals surface area contributed by atoms with Crippen LogP contribution in [0.25, 0.3) is 0 Å². The predicted molar refractivity (Wildman–Crippen MR) is 499 cm³/mol. The molecule has 0 radical (unpaired) electrons. The van der Waals surface area contributed by atoms with Crippen LogP contribution in [0.3, 0.4) is 0 Å². The van der Waals surface area contributed by atoms with Crippen LogP contribution in [0.5, 0.6) is 0 Å². The number of unbranched alkanes of at least 4 members (excludes halogenated alkanes) is 2. The molecule has 15 atom stereocenters. The Morgan fingerprint density at radius 1 is 0.339 bits per heavy atom. The standard InChI is InChI=1S/C16H32O.C16H30O.C16H28O.C16H26O.C15H26O.C15H24O.C13H22O2/c4*1-4-13(2)7-5-8-14(3)11-12-15-9-6-10-16(15)17;2*1-12(2)6-4-7-13(3)10-11-14-8-5-9-15(14)16;1-3-4-5-6-12-11(9-10(2)14)7-8-13(12)15/h13-17H,4-12H2,1-3H3;13-15H,4-12H2,1-3H3;7,11,15-17H,4-6,8-10,12H2,1-3H3;7,11,15H,4-6,8-10,12H2,1-3H3;6,10,14-16H,4-5,7-9,11H2,1-3H3;6,10,14H,4-5,7-9,11H2,1-3H3;11-12H,3-9H2,1-2H3/b;;2*13-7+,14-11+;2*13-10+;. The van der Waals surface area contributed by atoms with Gasteiger partial charge in [0.1, 0.15) is 28.9 Å². The molecule has 0 heterocycles. The molecule has 0 saturated heterocycles. The lowest BCUT2D eigenvalue weighted by Gasteiger charge is -2.18. The molecule has 0 aliphatic heterocycles. The maximum atomic E-state index is 11.6. The topological polar surface area (TPSA) is 146 Å². The Kier molecular flexibility index (Phi) is 64.3. The van der Waals surface area contributed by atoms with Crippen LogP contribution >= 0.6 is 0 Å². The Morgan fingerprint density at radius 3 is 1.04 bits per heavy atom. The molecule has 8 nitrogen and oxygen atoms in total. The zero-order chi connectivity index (χ0) is 85.9. The van der Waals surface area contributed by atoms with Gasteiger partial charge in [0.05, 0.1) is 18.3 Å². The summed E-state index contributed by atoms with van der Waals surface area (Å²) in [7, 11) is 0. The molecule has 7 fully saturated rings. The van der Waals surface area contributed by atoms with E-state index >= 15 is 0 Å². The van der Waals surface area contributed by atoms with Crippen LogP contribution in [0.2, 0.25) is 0 Å². The molecular formula is C107H188O8. The van der Waals surface area contributed by atoms with E-state index in [2.05, 4.69) is 180 Å². The molecule has 15 unspecified atom stereocenters. The zero-order valence-corrected chi connectivity index (χ0v) is 79.2. The van der Waals surface area contributed by atoms with Gasteiger partial charge in [0.15, 0.2) is 0 Å². The van der Waals surface area contributed by atoms with Gasteiger partial charge in [-0.1, -0.05) is 258 Å². The quantitative estimate of drug-likeness (QED) is 0.0404. The molecule has 0 aromatic carbocycles. The van der Waals surface area contributed by atoms with Crippen molar-refractivity contribution in [2.24, 2.45) is 71.0 Å². The van der Waals surface area contributed by atoms with Crippen molar-refractivity contribution in [2.45, 2.75) is 484 Å². The normalized spacial score (nSPS) is 24.9. The van der Waals surface area contributed by atoms with Gasteiger partial charge in [-0.15, -0.1) is 0 Å². The third-order valence-corrected chi connectivity index (χ3v) is 27.2. The Bertz CT molecular complexity index is 2840. The van der Waals surface area contributed by atoms with E-state index in [1.807, 2.05) is 0 Å². The lowest BCUT2D eigenvalue weighted by molar-refractivity contribution is -0.123. The number of aliphatic hydroxyl groups is 3. The number of Topliss-reactive ketones (excluding diaryl/α,β-unsaturated/α-hetero) is 5. The van der Waals surface area contributed by atoms with Crippen LogP contribution < -0.4 is 0 Å². The molecule has 7 aliphatic carbocycles. The Morgan fingerprint density at radius 2 is 0.704 bits per heavy atom. The second-order valence-corrected chi connectivity index (χ2v) is 38.6. The summed E-state index contributed by atoms with van der Waals surface area (Å²) < 4.78 is 0. The average molecular weight is 1600 g/mol. The molecule has 3 N–H and O–H groups in total. The largest absolute Gasteiger partial charge is 0.393 e. The van der Waals surface area contributed by atoms with E-state index in [1.165, 1.54) is 179 Å². The van der Waals surface area contributed by atoms with Crippen molar-refractivity contribution in [3.63, 3.8) is 0 Å².